The fraction of sp³-hybridized carbons (Fsp3) is 0.438. The number of benzene rings is 1. The summed E-state index contributed by atoms with van der Waals surface area (Å²) >= 11 is 0. The smallest absolute Gasteiger partial charge is 0.219 e. The number of rotatable bonds is 5. The molecule has 1 amide bonds. The van der Waals surface area contributed by atoms with Gasteiger partial charge < -0.3 is 15.0 Å². The number of nitrogens with zero attached hydrogens (tertiary/aromatic N) is 1. The summed E-state index contributed by atoms with van der Waals surface area (Å²) in [6, 6.07) is 8.08. The van der Waals surface area contributed by atoms with Crippen molar-refractivity contribution < 1.29 is 9.53 Å². The van der Waals surface area contributed by atoms with Crippen LogP contribution >= 0.6 is 0 Å². The van der Waals surface area contributed by atoms with Gasteiger partial charge in [-0.15, -0.1) is 0 Å². The Morgan fingerprint density at radius 2 is 2.25 bits per heavy atom. The lowest BCUT2D eigenvalue weighted by Crippen LogP contribution is -2.25. The molecule has 1 aromatic carbocycles. The summed E-state index contributed by atoms with van der Waals surface area (Å²) in [6.45, 7) is 2.98. The van der Waals surface area contributed by atoms with Gasteiger partial charge >= 0.3 is 0 Å². The van der Waals surface area contributed by atoms with Crippen LogP contribution in [0, 0.1) is 0 Å². The van der Waals surface area contributed by atoms with Crippen LogP contribution in [0.5, 0.6) is 0 Å². The van der Waals surface area contributed by atoms with E-state index in [1.807, 2.05) is 37.4 Å². The van der Waals surface area contributed by atoms with Crippen LogP contribution in [0.25, 0.3) is 0 Å². The Balaban J connectivity index is 1.96. The molecule has 108 valence electrons. The highest BCUT2D eigenvalue weighted by Gasteiger charge is 2.12. The monoisotopic (exact) mass is 274 g/mol. The maximum atomic E-state index is 11.3. The molecule has 1 N–H and O–H groups in total. The second-order valence-corrected chi connectivity index (χ2v) is 5.12. The molecule has 1 aromatic rings. The topological polar surface area (TPSA) is 41.6 Å². The van der Waals surface area contributed by atoms with Crippen molar-refractivity contribution in [1.29, 1.82) is 0 Å². The van der Waals surface area contributed by atoms with Crippen LogP contribution < -0.4 is 5.32 Å². The second-order valence-electron chi connectivity index (χ2n) is 5.12. The minimum Gasteiger partial charge on any atom is -0.497 e. The molecule has 4 nitrogen and oxygen atoms in total. The van der Waals surface area contributed by atoms with Gasteiger partial charge in [-0.25, -0.2) is 0 Å². The second kappa shape index (κ2) is 6.98. The Morgan fingerprint density at radius 3 is 2.95 bits per heavy atom. The van der Waals surface area contributed by atoms with Crippen LogP contribution in [0.2, 0.25) is 0 Å². The molecule has 0 radical (unpaired) electrons. The van der Waals surface area contributed by atoms with Crippen molar-refractivity contribution in [2.24, 2.45) is 0 Å². The zero-order chi connectivity index (χ0) is 14.4. The summed E-state index contributed by atoms with van der Waals surface area (Å²) in [5, 5.41) is 3.43. The van der Waals surface area contributed by atoms with E-state index >= 15 is 0 Å². The number of carbonyl (C=O) groups is 1. The third kappa shape index (κ3) is 4.02. The quantitative estimate of drug-likeness (QED) is 0.897. The van der Waals surface area contributed by atoms with Crippen LogP contribution in [0.3, 0.4) is 0 Å². The lowest BCUT2D eigenvalue weighted by atomic mass is 10.1. The summed E-state index contributed by atoms with van der Waals surface area (Å²) < 4.78 is 5.55. The number of amides is 1. The Bertz CT molecular complexity index is 485. The van der Waals surface area contributed by atoms with Gasteiger partial charge in [-0.05, 0) is 30.5 Å². The fourth-order valence-corrected chi connectivity index (χ4v) is 2.16. The first-order valence-electron chi connectivity index (χ1n) is 7.01. The SMILES string of the molecule is CC(=O)N(C)Cc1ccccc1NCC1CCC=CO1. The third-order valence-corrected chi connectivity index (χ3v) is 3.51. The lowest BCUT2D eigenvalue weighted by Gasteiger charge is -2.22. The van der Waals surface area contributed by atoms with Crippen LogP contribution in [-0.4, -0.2) is 30.5 Å². The van der Waals surface area contributed by atoms with Crippen LogP contribution in [0.1, 0.15) is 25.3 Å². The summed E-state index contributed by atoms with van der Waals surface area (Å²) in [4.78, 5) is 13.1. The standard InChI is InChI=1S/C16H22N2O2/c1-13(19)18(2)12-14-7-3-4-9-16(14)17-11-15-8-5-6-10-20-15/h3-4,6-7,9-10,15,17H,5,8,11-12H2,1-2H3. The van der Waals surface area contributed by atoms with Gasteiger partial charge in [0.2, 0.25) is 5.91 Å². The van der Waals surface area contributed by atoms with Gasteiger partial charge in [0, 0.05) is 26.2 Å². The molecule has 0 aliphatic carbocycles. The molecular formula is C16H22N2O2. The van der Waals surface area contributed by atoms with E-state index in [1.165, 1.54) is 0 Å². The molecule has 0 fully saturated rings. The molecule has 1 heterocycles. The maximum Gasteiger partial charge on any atom is 0.219 e. The maximum absolute atomic E-state index is 11.3. The lowest BCUT2D eigenvalue weighted by molar-refractivity contribution is -0.128. The number of para-hydroxylation sites is 1. The summed E-state index contributed by atoms with van der Waals surface area (Å²) in [6.07, 6.45) is 6.16. The minimum absolute atomic E-state index is 0.0700. The number of hydrogen-bond acceptors (Lipinski definition) is 3. The molecule has 1 unspecified atom stereocenters. The average molecular weight is 274 g/mol. The normalized spacial score (nSPS) is 17.4. The van der Waals surface area contributed by atoms with E-state index in [0.29, 0.717) is 6.54 Å². The number of nitrogens with one attached hydrogen (secondary N) is 1. The highest BCUT2D eigenvalue weighted by atomic mass is 16.5. The van der Waals surface area contributed by atoms with Gasteiger partial charge in [-0.1, -0.05) is 18.2 Å². The molecule has 0 bridgehead atoms. The van der Waals surface area contributed by atoms with Crippen molar-refractivity contribution in [3.8, 4) is 0 Å². The molecular weight excluding hydrogens is 252 g/mol. The van der Waals surface area contributed by atoms with Gasteiger partial charge in [0.25, 0.3) is 0 Å². The van der Waals surface area contributed by atoms with Crippen molar-refractivity contribution >= 4 is 11.6 Å². The van der Waals surface area contributed by atoms with E-state index in [-0.39, 0.29) is 12.0 Å². The molecule has 20 heavy (non-hydrogen) atoms. The predicted molar refractivity (Wildman–Crippen MR) is 80.3 cm³/mol. The van der Waals surface area contributed by atoms with Crippen LogP contribution in [0.15, 0.2) is 36.6 Å². The van der Waals surface area contributed by atoms with Gasteiger partial charge in [0.15, 0.2) is 0 Å². The van der Waals surface area contributed by atoms with Crippen molar-refractivity contribution in [3.05, 3.63) is 42.2 Å². The van der Waals surface area contributed by atoms with Crippen molar-refractivity contribution in [3.63, 3.8) is 0 Å². The number of allylic oxidation sites excluding steroid dienone is 1. The molecule has 4 heteroatoms. The fourth-order valence-electron chi connectivity index (χ4n) is 2.16. The number of hydrogen-bond donors (Lipinski definition) is 1. The molecule has 0 aromatic heterocycles. The zero-order valence-corrected chi connectivity index (χ0v) is 12.1. The summed E-state index contributed by atoms with van der Waals surface area (Å²) in [7, 11) is 1.81. The molecule has 1 atom stereocenters. The average Bonchev–Trinajstić information content (AvgIpc) is 2.47. The Hall–Kier alpha value is -1.97. The van der Waals surface area contributed by atoms with Crippen LogP contribution in [-0.2, 0) is 16.1 Å². The Kier molecular flexibility index (Phi) is 5.04. The van der Waals surface area contributed by atoms with Gasteiger partial charge in [0.05, 0.1) is 12.8 Å². The molecule has 0 spiro atoms. The number of carbonyl (C=O) groups excluding carboxylic acids is 1. The van der Waals surface area contributed by atoms with E-state index in [2.05, 4.69) is 5.32 Å². The first kappa shape index (κ1) is 14.4. The summed E-state index contributed by atoms with van der Waals surface area (Å²) in [5.41, 5.74) is 2.19. The van der Waals surface area contributed by atoms with E-state index in [4.69, 9.17) is 4.74 Å². The molecule has 0 saturated carbocycles. The predicted octanol–water partition coefficient (Wildman–Crippen LogP) is 2.77. The van der Waals surface area contributed by atoms with Gasteiger partial charge in [-0.2, -0.15) is 0 Å². The molecule has 1 aliphatic heterocycles. The molecule has 2 rings (SSSR count). The molecule has 0 saturated heterocycles. The van der Waals surface area contributed by atoms with Crippen LogP contribution in [0.4, 0.5) is 5.69 Å². The van der Waals surface area contributed by atoms with E-state index < -0.39 is 0 Å². The van der Waals surface area contributed by atoms with Gasteiger partial charge in [0.1, 0.15) is 6.10 Å². The highest BCUT2D eigenvalue weighted by molar-refractivity contribution is 5.73. The molecule has 1 aliphatic rings. The van der Waals surface area contributed by atoms with Crippen molar-refractivity contribution in [2.45, 2.75) is 32.4 Å². The van der Waals surface area contributed by atoms with Crippen molar-refractivity contribution in [2.75, 3.05) is 18.9 Å². The third-order valence-electron chi connectivity index (χ3n) is 3.51. The zero-order valence-electron chi connectivity index (χ0n) is 12.1. The first-order valence-corrected chi connectivity index (χ1v) is 7.01. The first-order chi connectivity index (χ1) is 9.66. The summed E-state index contributed by atoms with van der Waals surface area (Å²) in [5.74, 6) is 0.0700. The van der Waals surface area contributed by atoms with E-state index in [9.17, 15) is 4.79 Å². The number of ether oxygens (including phenoxy) is 1. The number of anilines is 1. The Morgan fingerprint density at radius 1 is 1.45 bits per heavy atom. The Labute approximate surface area is 120 Å². The minimum atomic E-state index is 0.0700. The van der Waals surface area contributed by atoms with E-state index in [1.54, 1.807) is 18.1 Å². The van der Waals surface area contributed by atoms with E-state index in [0.717, 1.165) is 30.6 Å². The van der Waals surface area contributed by atoms with Gasteiger partial charge in [-0.3, -0.25) is 4.79 Å². The largest absolute Gasteiger partial charge is 0.497 e. The van der Waals surface area contributed by atoms with Crippen molar-refractivity contribution in [1.82, 2.24) is 4.90 Å². The highest BCUT2D eigenvalue weighted by Crippen LogP contribution is 2.18.